The molecule has 0 unspecified atom stereocenters. The van der Waals surface area contributed by atoms with Gasteiger partial charge < -0.3 is 10.5 Å². The Kier molecular flexibility index (Phi) is 4.25. The van der Waals surface area contributed by atoms with Gasteiger partial charge in [0.1, 0.15) is 0 Å². The standard InChI is InChI=1S/C13H16INO2/c14-10-5-6-12(15)11(7-10)13(16)17-8-9-3-1-2-4-9/h5-7,9H,1-4,8,15H2. The van der Waals surface area contributed by atoms with Crippen LogP contribution < -0.4 is 5.73 Å². The Morgan fingerprint density at radius 1 is 1.41 bits per heavy atom. The van der Waals surface area contributed by atoms with Crippen LogP contribution in [0.5, 0.6) is 0 Å². The van der Waals surface area contributed by atoms with Gasteiger partial charge in [0.05, 0.1) is 12.2 Å². The van der Waals surface area contributed by atoms with Gasteiger partial charge in [-0.3, -0.25) is 0 Å². The minimum Gasteiger partial charge on any atom is -0.462 e. The van der Waals surface area contributed by atoms with E-state index in [1.54, 1.807) is 12.1 Å². The van der Waals surface area contributed by atoms with E-state index in [-0.39, 0.29) is 5.97 Å². The Hall–Kier alpha value is -0.780. The summed E-state index contributed by atoms with van der Waals surface area (Å²) < 4.78 is 6.32. The Morgan fingerprint density at radius 2 is 2.12 bits per heavy atom. The summed E-state index contributed by atoms with van der Waals surface area (Å²) in [6.45, 7) is 0.531. The molecule has 1 aliphatic carbocycles. The lowest BCUT2D eigenvalue weighted by Gasteiger charge is -2.11. The molecule has 4 heteroatoms. The third-order valence-electron chi connectivity index (χ3n) is 3.16. The summed E-state index contributed by atoms with van der Waals surface area (Å²) in [5.41, 5.74) is 6.74. The van der Waals surface area contributed by atoms with E-state index < -0.39 is 0 Å². The van der Waals surface area contributed by atoms with E-state index in [9.17, 15) is 4.79 Å². The molecule has 0 aliphatic heterocycles. The van der Waals surface area contributed by atoms with Crippen LogP contribution in [0, 0.1) is 9.49 Å². The van der Waals surface area contributed by atoms with Crippen LogP contribution in [0.15, 0.2) is 18.2 Å². The highest BCUT2D eigenvalue weighted by molar-refractivity contribution is 14.1. The fourth-order valence-electron chi connectivity index (χ4n) is 2.15. The fourth-order valence-corrected chi connectivity index (χ4v) is 2.64. The van der Waals surface area contributed by atoms with Crippen LogP contribution in [-0.2, 0) is 4.74 Å². The molecule has 17 heavy (non-hydrogen) atoms. The maximum atomic E-state index is 11.9. The molecular formula is C13H16INO2. The van der Waals surface area contributed by atoms with Crippen LogP contribution in [0.3, 0.4) is 0 Å². The molecule has 1 saturated carbocycles. The third-order valence-corrected chi connectivity index (χ3v) is 3.83. The fraction of sp³-hybridized carbons (Fsp3) is 0.462. The van der Waals surface area contributed by atoms with Gasteiger partial charge in [-0.2, -0.15) is 0 Å². The van der Waals surface area contributed by atoms with Gasteiger partial charge >= 0.3 is 5.97 Å². The summed E-state index contributed by atoms with van der Waals surface area (Å²) in [6.07, 6.45) is 4.87. The molecule has 0 aromatic heterocycles. The third kappa shape index (κ3) is 3.34. The van der Waals surface area contributed by atoms with E-state index in [4.69, 9.17) is 10.5 Å². The van der Waals surface area contributed by atoms with Crippen molar-refractivity contribution in [1.82, 2.24) is 0 Å². The lowest BCUT2D eigenvalue weighted by atomic mass is 10.1. The van der Waals surface area contributed by atoms with Crippen molar-refractivity contribution < 1.29 is 9.53 Å². The van der Waals surface area contributed by atoms with Gasteiger partial charge in [-0.25, -0.2) is 4.79 Å². The quantitative estimate of drug-likeness (QED) is 0.520. The van der Waals surface area contributed by atoms with E-state index in [2.05, 4.69) is 22.6 Å². The van der Waals surface area contributed by atoms with Crippen molar-refractivity contribution in [3.05, 3.63) is 27.3 Å². The molecule has 2 N–H and O–H groups in total. The van der Waals surface area contributed by atoms with Gasteiger partial charge in [-0.1, -0.05) is 12.8 Å². The number of nitrogens with two attached hydrogens (primary N) is 1. The molecule has 3 nitrogen and oxygen atoms in total. The molecule has 0 atom stereocenters. The molecule has 1 aromatic rings. The second kappa shape index (κ2) is 5.71. The Bertz CT molecular complexity index is 414. The van der Waals surface area contributed by atoms with Crippen molar-refractivity contribution in [3.8, 4) is 0 Å². The number of rotatable bonds is 3. The normalized spacial score (nSPS) is 16.1. The number of ether oxygens (including phenoxy) is 1. The van der Waals surface area contributed by atoms with E-state index in [0.717, 1.165) is 3.57 Å². The molecule has 0 saturated heterocycles. The highest BCUT2D eigenvalue weighted by atomic mass is 127. The van der Waals surface area contributed by atoms with Crippen molar-refractivity contribution >= 4 is 34.2 Å². The highest BCUT2D eigenvalue weighted by Crippen LogP contribution is 2.25. The summed E-state index contributed by atoms with van der Waals surface area (Å²) >= 11 is 2.16. The number of hydrogen-bond acceptors (Lipinski definition) is 3. The molecule has 0 spiro atoms. The van der Waals surface area contributed by atoms with E-state index in [1.807, 2.05) is 6.07 Å². The number of halogens is 1. The number of carbonyl (C=O) groups is 1. The maximum absolute atomic E-state index is 11.9. The molecular weight excluding hydrogens is 329 g/mol. The molecule has 0 radical (unpaired) electrons. The zero-order valence-corrected chi connectivity index (χ0v) is 11.8. The van der Waals surface area contributed by atoms with Crippen LogP contribution >= 0.6 is 22.6 Å². The van der Waals surface area contributed by atoms with Crippen LogP contribution in [0.1, 0.15) is 36.0 Å². The zero-order valence-electron chi connectivity index (χ0n) is 9.62. The molecule has 1 fully saturated rings. The van der Waals surface area contributed by atoms with Crippen LogP contribution in [0.2, 0.25) is 0 Å². The number of hydrogen-bond donors (Lipinski definition) is 1. The number of esters is 1. The van der Waals surface area contributed by atoms with Crippen LogP contribution in [-0.4, -0.2) is 12.6 Å². The van der Waals surface area contributed by atoms with E-state index in [0.29, 0.717) is 23.8 Å². The largest absolute Gasteiger partial charge is 0.462 e. The topological polar surface area (TPSA) is 52.3 Å². The first-order chi connectivity index (χ1) is 8.16. The summed E-state index contributed by atoms with van der Waals surface area (Å²) in [5.74, 6) is 0.246. The lowest BCUT2D eigenvalue weighted by Crippen LogP contribution is -2.13. The second-order valence-corrected chi connectivity index (χ2v) is 5.73. The monoisotopic (exact) mass is 345 g/mol. The molecule has 0 amide bonds. The Morgan fingerprint density at radius 3 is 2.82 bits per heavy atom. The van der Waals surface area contributed by atoms with Crippen LogP contribution in [0.25, 0.3) is 0 Å². The van der Waals surface area contributed by atoms with Crippen molar-refractivity contribution in [2.24, 2.45) is 5.92 Å². The molecule has 92 valence electrons. The molecule has 0 heterocycles. The summed E-state index contributed by atoms with van der Waals surface area (Å²) in [4.78, 5) is 11.9. The maximum Gasteiger partial charge on any atom is 0.340 e. The second-order valence-electron chi connectivity index (χ2n) is 4.48. The summed E-state index contributed by atoms with van der Waals surface area (Å²) in [5, 5.41) is 0. The average molecular weight is 345 g/mol. The molecule has 2 rings (SSSR count). The van der Waals surface area contributed by atoms with E-state index >= 15 is 0 Å². The van der Waals surface area contributed by atoms with Gasteiger partial charge in [0.25, 0.3) is 0 Å². The van der Waals surface area contributed by atoms with Crippen molar-refractivity contribution in [2.75, 3.05) is 12.3 Å². The first-order valence-electron chi connectivity index (χ1n) is 5.89. The predicted octanol–water partition coefficient (Wildman–Crippen LogP) is 3.22. The summed E-state index contributed by atoms with van der Waals surface area (Å²) in [7, 11) is 0. The highest BCUT2D eigenvalue weighted by Gasteiger charge is 2.18. The van der Waals surface area contributed by atoms with Crippen molar-refractivity contribution in [2.45, 2.75) is 25.7 Å². The Balaban J connectivity index is 1.96. The minimum atomic E-state index is -0.298. The number of carbonyl (C=O) groups excluding carboxylic acids is 1. The predicted molar refractivity (Wildman–Crippen MR) is 75.8 cm³/mol. The Labute approximate surface area is 115 Å². The van der Waals surface area contributed by atoms with Gasteiger partial charge in [0.2, 0.25) is 0 Å². The molecule has 1 aromatic carbocycles. The van der Waals surface area contributed by atoms with Gasteiger partial charge in [0.15, 0.2) is 0 Å². The lowest BCUT2D eigenvalue weighted by molar-refractivity contribution is 0.0444. The van der Waals surface area contributed by atoms with Crippen LogP contribution in [0.4, 0.5) is 5.69 Å². The van der Waals surface area contributed by atoms with Gasteiger partial charge in [-0.05, 0) is 59.5 Å². The number of benzene rings is 1. The van der Waals surface area contributed by atoms with Gasteiger partial charge in [0, 0.05) is 9.26 Å². The molecule has 0 bridgehead atoms. The van der Waals surface area contributed by atoms with Crippen molar-refractivity contribution in [3.63, 3.8) is 0 Å². The van der Waals surface area contributed by atoms with Gasteiger partial charge in [-0.15, -0.1) is 0 Å². The van der Waals surface area contributed by atoms with Crippen molar-refractivity contribution in [1.29, 1.82) is 0 Å². The minimum absolute atomic E-state index is 0.298. The average Bonchev–Trinajstić information content (AvgIpc) is 2.82. The molecule has 1 aliphatic rings. The number of nitrogen functional groups attached to an aromatic ring is 1. The summed E-state index contributed by atoms with van der Waals surface area (Å²) in [6, 6.07) is 5.39. The SMILES string of the molecule is Nc1ccc(I)cc1C(=O)OCC1CCCC1. The van der Waals surface area contributed by atoms with E-state index in [1.165, 1.54) is 25.7 Å². The number of anilines is 1. The first-order valence-corrected chi connectivity index (χ1v) is 6.97. The smallest absolute Gasteiger partial charge is 0.340 e. The first kappa shape index (κ1) is 12.7. The zero-order chi connectivity index (χ0) is 12.3.